The summed E-state index contributed by atoms with van der Waals surface area (Å²) in [6.07, 6.45) is 2.64. The summed E-state index contributed by atoms with van der Waals surface area (Å²) in [6, 6.07) is 3.67. The van der Waals surface area contributed by atoms with Crippen molar-refractivity contribution in [3.63, 3.8) is 0 Å². The molecule has 2 aliphatic rings. The third-order valence-corrected chi connectivity index (χ3v) is 5.25. The second-order valence-electron chi connectivity index (χ2n) is 5.98. The van der Waals surface area contributed by atoms with E-state index in [-0.39, 0.29) is 5.56 Å². The average molecular weight is 318 g/mol. The Morgan fingerprint density at radius 3 is 3.14 bits per heavy atom. The molecule has 7 heteroatoms. The van der Waals surface area contributed by atoms with Crippen molar-refractivity contribution in [1.82, 2.24) is 19.8 Å². The van der Waals surface area contributed by atoms with Crippen LogP contribution in [0.15, 0.2) is 27.6 Å². The summed E-state index contributed by atoms with van der Waals surface area (Å²) >= 11 is 1.87. The van der Waals surface area contributed by atoms with E-state index in [1.54, 1.807) is 16.9 Å². The maximum absolute atomic E-state index is 12.2. The second kappa shape index (κ2) is 5.89. The monoisotopic (exact) mass is 318 g/mol. The Labute approximate surface area is 132 Å². The van der Waals surface area contributed by atoms with Gasteiger partial charge in [-0.2, -0.15) is 16.9 Å². The first-order valence-corrected chi connectivity index (χ1v) is 8.73. The Bertz CT molecular complexity index is 707. The molecule has 1 saturated heterocycles. The van der Waals surface area contributed by atoms with Crippen molar-refractivity contribution in [2.75, 3.05) is 18.8 Å². The second-order valence-corrected chi connectivity index (χ2v) is 7.08. The lowest BCUT2D eigenvalue weighted by Gasteiger charge is -2.38. The molecule has 0 saturated carbocycles. The lowest BCUT2D eigenvalue weighted by Crippen LogP contribution is -2.49. The first kappa shape index (κ1) is 14.0. The van der Waals surface area contributed by atoms with Crippen LogP contribution in [-0.4, -0.2) is 38.7 Å². The van der Waals surface area contributed by atoms with Gasteiger partial charge < -0.3 is 4.52 Å². The molecule has 22 heavy (non-hydrogen) atoms. The molecule has 0 N–H and O–H groups in total. The van der Waals surface area contributed by atoms with E-state index in [9.17, 15) is 4.79 Å². The van der Waals surface area contributed by atoms with Crippen LogP contribution in [0.2, 0.25) is 0 Å². The minimum absolute atomic E-state index is 0.0370. The zero-order valence-electron chi connectivity index (χ0n) is 12.3. The normalized spacial score (nSPS) is 18.9. The largest absolute Gasteiger partial charge is 0.360 e. The Hall–Kier alpha value is -1.60. The van der Waals surface area contributed by atoms with Crippen LogP contribution in [0.4, 0.5) is 0 Å². The summed E-state index contributed by atoms with van der Waals surface area (Å²) in [4.78, 5) is 14.5. The third-order valence-electron chi connectivity index (χ3n) is 4.24. The molecule has 0 aliphatic carbocycles. The van der Waals surface area contributed by atoms with Gasteiger partial charge in [0.25, 0.3) is 5.56 Å². The van der Waals surface area contributed by atoms with Gasteiger partial charge in [-0.25, -0.2) is 4.68 Å². The zero-order chi connectivity index (χ0) is 14.9. The molecule has 116 valence electrons. The van der Waals surface area contributed by atoms with E-state index < -0.39 is 0 Å². The van der Waals surface area contributed by atoms with Crippen molar-refractivity contribution < 1.29 is 4.52 Å². The summed E-state index contributed by atoms with van der Waals surface area (Å²) < 4.78 is 6.77. The van der Waals surface area contributed by atoms with Crippen LogP contribution < -0.4 is 5.56 Å². The highest BCUT2D eigenvalue weighted by atomic mass is 32.2. The van der Waals surface area contributed by atoms with Crippen LogP contribution in [0.1, 0.15) is 17.0 Å². The van der Waals surface area contributed by atoms with E-state index in [1.807, 2.05) is 17.8 Å². The molecule has 0 aromatic carbocycles. The van der Waals surface area contributed by atoms with Crippen molar-refractivity contribution in [3.8, 4) is 0 Å². The molecule has 4 rings (SSSR count). The minimum Gasteiger partial charge on any atom is -0.360 e. The van der Waals surface area contributed by atoms with Gasteiger partial charge in [0.1, 0.15) is 0 Å². The standard InChI is InChI=1S/C15H18N4O2S/c20-15-5-12-10-22-4-2-14(12)17-19(15)8-11-6-18(7-11)9-13-1-3-16-21-13/h1,3,5,11H,2,4,6-10H2. The fraction of sp³-hybridized carbons (Fsp3) is 0.533. The fourth-order valence-corrected chi connectivity index (χ4v) is 4.05. The number of fused-ring (bicyclic) bond motifs is 1. The minimum atomic E-state index is 0.0370. The number of aryl methyl sites for hydroxylation is 1. The van der Waals surface area contributed by atoms with Crippen molar-refractivity contribution in [1.29, 1.82) is 0 Å². The van der Waals surface area contributed by atoms with Crippen LogP contribution in [0.25, 0.3) is 0 Å². The zero-order valence-corrected chi connectivity index (χ0v) is 13.1. The molecule has 6 nitrogen and oxygen atoms in total. The van der Waals surface area contributed by atoms with Crippen LogP contribution >= 0.6 is 11.8 Å². The van der Waals surface area contributed by atoms with Crippen molar-refractivity contribution in [3.05, 3.63) is 45.7 Å². The predicted octanol–water partition coefficient (Wildman–Crippen LogP) is 1.15. The van der Waals surface area contributed by atoms with Crippen molar-refractivity contribution >= 4 is 11.8 Å². The first-order valence-electron chi connectivity index (χ1n) is 7.57. The maximum atomic E-state index is 12.2. The first-order chi connectivity index (χ1) is 10.8. The fourth-order valence-electron chi connectivity index (χ4n) is 3.09. The van der Waals surface area contributed by atoms with Gasteiger partial charge in [0, 0.05) is 43.3 Å². The number of likely N-dealkylation sites (tertiary alicyclic amines) is 1. The smallest absolute Gasteiger partial charge is 0.267 e. The molecule has 1 fully saturated rings. The van der Waals surface area contributed by atoms with E-state index >= 15 is 0 Å². The highest BCUT2D eigenvalue weighted by Gasteiger charge is 2.28. The quantitative estimate of drug-likeness (QED) is 0.843. The molecule has 0 unspecified atom stereocenters. The van der Waals surface area contributed by atoms with E-state index in [2.05, 4.69) is 15.2 Å². The van der Waals surface area contributed by atoms with Crippen LogP contribution in [0.5, 0.6) is 0 Å². The Kier molecular flexibility index (Phi) is 3.75. The summed E-state index contributed by atoms with van der Waals surface area (Å²) in [7, 11) is 0. The van der Waals surface area contributed by atoms with E-state index in [0.29, 0.717) is 12.5 Å². The Morgan fingerprint density at radius 1 is 1.41 bits per heavy atom. The summed E-state index contributed by atoms with van der Waals surface area (Å²) in [5, 5.41) is 8.29. The third kappa shape index (κ3) is 2.83. The van der Waals surface area contributed by atoms with E-state index in [4.69, 9.17) is 4.52 Å². The lowest BCUT2D eigenvalue weighted by atomic mass is 10.00. The summed E-state index contributed by atoms with van der Waals surface area (Å²) in [6.45, 7) is 3.45. The van der Waals surface area contributed by atoms with Gasteiger partial charge in [-0.15, -0.1) is 0 Å². The molecular weight excluding hydrogens is 300 g/mol. The lowest BCUT2D eigenvalue weighted by molar-refractivity contribution is 0.0675. The van der Waals surface area contributed by atoms with Gasteiger partial charge in [0.15, 0.2) is 5.76 Å². The number of aromatic nitrogens is 3. The van der Waals surface area contributed by atoms with Gasteiger partial charge >= 0.3 is 0 Å². The highest BCUT2D eigenvalue weighted by Crippen LogP contribution is 2.22. The van der Waals surface area contributed by atoms with Crippen molar-refractivity contribution in [2.45, 2.75) is 25.3 Å². The number of nitrogens with zero attached hydrogens (tertiary/aromatic N) is 4. The molecular formula is C15H18N4O2S. The number of thioether (sulfide) groups is 1. The Morgan fingerprint density at radius 2 is 2.32 bits per heavy atom. The van der Waals surface area contributed by atoms with Crippen LogP contribution in [-0.2, 0) is 25.3 Å². The summed E-state index contributed by atoms with van der Waals surface area (Å²) in [5.74, 6) is 3.41. The van der Waals surface area contributed by atoms with Gasteiger partial charge in [-0.3, -0.25) is 9.69 Å². The molecule has 0 amide bonds. The topological polar surface area (TPSA) is 64.2 Å². The number of hydrogen-bond donors (Lipinski definition) is 0. The molecule has 0 spiro atoms. The Balaban J connectivity index is 1.37. The molecule has 2 aliphatic heterocycles. The van der Waals surface area contributed by atoms with E-state index in [1.165, 1.54) is 0 Å². The van der Waals surface area contributed by atoms with Gasteiger partial charge in [0.2, 0.25) is 0 Å². The van der Waals surface area contributed by atoms with Gasteiger partial charge in [0.05, 0.1) is 25.0 Å². The maximum Gasteiger partial charge on any atom is 0.267 e. The number of hydrogen-bond acceptors (Lipinski definition) is 6. The number of rotatable bonds is 4. The molecule has 2 aromatic rings. The van der Waals surface area contributed by atoms with Crippen LogP contribution in [0, 0.1) is 5.92 Å². The molecule has 2 aromatic heterocycles. The average Bonchev–Trinajstić information content (AvgIpc) is 2.98. The summed E-state index contributed by atoms with van der Waals surface area (Å²) in [5.41, 5.74) is 2.27. The van der Waals surface area contributed by atoms with Crippen molar-refractivity contribution in [2.24, 2.45) is 5.92 Å². The molecule has 0 bridgehead atoms. The van der Waals surface area contributed by atoms with E-state index in [0.717, 1.165) is 54.6 Å². The predicted molar refractivity (Wildman–Crippen MR) is 83.6 cm³/mol. The molecule has 0 radical (unpaired) electrons. The van der Waals surface area contributed by atoms with Gasteiger partial charge in [-0.1, -0.05) is 5.16 Å². The SMILES string of the molecule is O=c1cc2c(nn1CC1CN(Cc3ccno3)C1)CCSC2. The molecule has 0 atom stereocenters. The molecule has 4 heterocycles. The highest BCUT2D eigenvalue weighted by molar-refractivity contribution is 7.98. The van der Waals surface area contributed by atoms with Gasteiger partial charge in [-0.05, 0) is 11.3 Å². The van der Waals surface area contributed by atoms with Crippen LogP contribution in [0.3, 0.4) is 0 Å².